The SMILES string of the molecule is Cc1ccc(-c2cc(-c3ccncc3)c(C#N)c(N)n2)cc1C. The minimum Gasteiger partial charge on any atom is -0.383 e. The van der Waals surface area contributed by atoms with E-state index in [-0.39, 0.29) is 5.82 Å². The fourth-order valence-corrected chi connectivity index (χ4v) is 2.49. The van der Waals surface area contributed by atoms with Crippen molar-refractivity contribution in [3.8, 4) is 28.5 Å². The normalized spacial score (nSPS) is 10.3. The molecule has 2 N–H and O–H groups in total. The fourth-order valence-electron chi connectivity index (χ4n) is 2.49. The van der Waals surface area contributed by atoms with Crippen LogP contribution in [0.2, 0.25) is 0 Å². The van der Waals surface area contributed by atoms with Gasteiger partial charge in [-0.3, -0.25) is 4.98 Å². The van der Waals surface area contributed by atoms with Crippen molar-refractivity contribution in [1.82, 2.24) is 9.97 Å². The van der Waals surface area contributed by atoms with Crippen LogP contribution in [0.1, 0.15) is 16.7 Å². The molecule has 2 heterocycles. The molecule has 112 valence electrons. The van der Waals surface area contributed by atoms with Gasteiger partial charge in [-0.1, -0.05) is 12.1 Å². The standard InChI is InChI=1S/C19H16N4/c1-12-3-4-15(9-13(12)2)18-10-16(14-5-7-22-8-6-14)17(11-20)19(21)23-18/h3-10H,1-2H3,(H2,21,23). The van der Waals surface area contributed by atoms with Crippen LogP contribution in [0.25, 0.3) is 22.4 Å². The molecule has 0 aliphatic rings. The second-order valence-electron chi connectivity index (χ2n) is 5.46. The number of hydrogen-bond acceptors (Lipinski definition) is 4. The number of pyridine rings is 2. The number of rotatable bonds is 2. The second kappa shape index (κ2) is 5.90. The molecule has 0 saturated carbocycles. The number of nitrogen functional groups attached to an aromatic ring is 1. The van der Waals surface area contributed by atoms with Crippen LogP contribution < -0.4 is 5.73 Å². The lowest BCUT2D eigenvalue weighted by atomic mass is 9.98. The van der Waals surface area contributed by atoms with Gasteiger partial charge in [-0.05, 0) is 54.8 Å². The molecule has 0 amide bonds. The first-order valence-corrected chi connectivity index (χ1v) is 7.29. The van der Waals surface area contributed by atoms with Gasteiger partial charge in [0.2, 0.25) is 0 Å². The van der Waals surface area contributed by atoms with Crippen molar-refractivity contribution in [3.63, 3.8) is 0 Å². The molecule has 2 aromatic heterocycles. The first-order chi connectivity index (χ1) is 11.1. The highest BCUT2D eigenvalue weighted by Crippen LogP contribution is 2.31. The van der Waals surface area contributed by atoms with Crippen molar-refractivity contribution in [3.05, 3.63) is 65.5 Å². The minimum atomic E-state index is 0.245. The van der Waals surface area contributed by atoms with Gasteiger partial charge in [0.15, 0.2) is 0 Å². The van der Waals surface area contributed by atoms with E-state index in [4.69, 9.17) is 5.73 Å². The van der Waals surface area contributed by atoms with Crippen LogP contribution in [0.5, 0.6) is 0 Å². The molecule has 4 nitrogen and oxygen atoms in total. The number of aryl methyl sites for hydroxylation is 2. The number of nitrogens with zero attached hydrogens (tertiary/aromatic N) is 3. The largest absolute Gasteiger partial charge is 0.383 e. The summed E-state index contributed by atoms with van der Waals surface area (Å²) in [5.74, 6) is 0.245. The van der Waals surface area contributed by atoms with E-state index in [1.165, 1.54) is 11.1 Å². The number of nitriles is 1. The van der Waals surface area contributed by atoms with Gasteiger partial charge in [0.05, 0.1) is 5.69 Å². The molecule has 0 saturated heterocycles. The molecule has 23 heavy (non-hydrogen) atoms. The summed E-state index contributed by atoms with van der Waals surface area (Å²) < 4.78 is 0. The van der Waals surface area contributed by atoms with Gasteiger partial charge in [0, 0.05) is 23.5 Å². The Labute approximate surface area is 135 Å². The molecular formula is C19H16N4. The third-order valence-electron chi connectivity index (χ3n) is 3.95. The zero-order chi connectivity index (χ0) is 16.4. The molecule has 0 spiro atoms. The predicted molar refractivity (Wildman–Crippen MR) is 91.5 cm³/mol. The lowest BCUT2D eigenvalue weighted by molar-refractivity contribution is 1.28. The number of nitrogens with two attached hydrogens (primary N) is 1. The van der Waals surface area contributed by atoms with Crippen molar-refractivity contribution < 1.29 is 0 Å². The van der Waals surface area contributed by atoms with Crippen LogP contribution in [-0.4, -0.2) is 9.97 Å². The summed E-state index contributed by atoms with van der Waals surface area (Å²) in [6, 6.07) is 14.0. The third-order valence-corrected chi connectivity index (χ3v) is 3.95. The van der Waals surface area contributed by atoms with Crippen molar-refractivity contribution in [2.45, 2.75) is 13.8 Å². The maximum absolute atomic E-state index is 9.42. The van der Waals surface area contributed by atoms with Crippen LogP contribution in [-0.2, 0) is 0 Å². The summed E-state index contributed by atoms with van der Waals surface area (Å²) in [6.07, 6.45) is 3.39. The highest BCUT2D eigenvalue weighted by molar-refractivity contribution is 5.80. The van der Waals surface area contributed by atoms with Gasteiger partial charge in [-0.25, -0.2) is 4.98 Å². The minimum absolute atomic E-state index is 0.245. The first kappa shape index (κ1) is 14.7. The Morgan fingerprint density at radius 3 is 2.35 bits per heavy atom. The van der Waals surface area contributed by atoms with Crippen molar-refractivity contribution >= 4 is 5.82 Å². The molecule has 3 rings (SSSR count). The van der Waals surface area contributed by atoms with Crippen molar-refractivity contribution in [2.75, 3.05) is 5.73 Å². The lowest BCUT2D eigenvalue weighted by Crippen LogP contribution is -2.00. The monoisotopic (exact) mass is 300 g/mol. The number of hydrogen-bond donors (Lipinski definition) is 1. The quantitative estimate of drug-likeness (QED) is 0.779. The van der Waals surface area contributed by atoms with E-state index in [0.29, 0.717) is 5.56 Å². The van der Waals surface area contributed by atoms with Gasteiger partial charge in [-0.2, -0.15) is 5.26 Å². The highest BCUT2D eigenvalue weighted by atomic mass is 14.8. The molecule has 1 aromatic carbocycles. The molecule has 0 unspecified atom stereocenters. The van der Waals surface area contributed by atoms with Crippen LogP contribution in [0.3, 0.4) is 0 Å². The Balaban J connectivity index is 2.23. The molecule has 0 atom stereocenters. The molecule has 0 fully saturated rings. The van der Waals surface area contributed by atoms with Crippen LogP contribution in [0.4, 0.5) is 5.82 Å². The average Bonchev–Trinajstić information content (AvgIpc) is 2.57. The zero-order valence-corrected chi connectivity index (χ0v) is 13.0. The van der Waals surface area contributed by atoms with Crippen LogP contribution in [0, 0.1) is 25.2 Å². The van der Waals surface area contributed by atoms with Gasteiger partial charge in [-0.15, -0.1) is 0 Å². The summed E-state index contributed by atoms with van der Waals surface area (Å²) >= 11 is 0. The summed E-state index contributed by atoms with van der Waals surface area (Å²) in [5.41, 5.74) is 12.3. The summed E-state index contributed by atoms with van der Waals surface area (Å²) in [7, 11) is 0. The molecule has 0 bridgehead atoms. The number of aromatic nitrogens is 2. The predicted octanol–water partition coefficient (Wildman–Crippen LogP) is 3.88. The Morgan fingerprint density at radius 2 is 1.70 bits per heavy atom. The van der Waals surface area contributed by atoms with E-state index in [2.05, 4.69) is 42.0 Å². The van der Waals surface area contributed by atoms with Gasteiger partial charge in [0.1, 0.15) is 17.5 Å². The Hall–Kier alpha value is -3.19. The number of benzene rings is 1. The summed E-state index contributed by atoms with van der Waals surface area (Å²) in [5, 5.41) is 9.42. The molecule has 0 aliphatic carbocycles. The first-order valence-electron chi connectivity index (χ1n) is 7.29. The van der Waals surface area contributed by atoms with E-state index in [0.717, 1.165) is 22.4 Å². The smallest absolute Gasteiger partial charge is 0.142 e. The second-order valence-corrected chi connectivity index (χ2v) is 5.46. The Kier molecular flexibility index (Phi) is 3.78. The van der Waals surface area contributed by atoms with E-state index in [1.807, 2.05) is 24.3 Å². The molecule has 4 heteroatoms. The number of anilines is 1. The summed E-state index contributed by atoms with van der Waals surface area (Å²) in [6.45, 7) is 4.14. The highest BCUT2D eigenvalue weighted by Gasteiger charge is 2.13. The van der Waals surface area contributed by atoms with Gasteiger partial charge in [0.25, 0.3) is 0 Å². The Bertz CT molecular complexity index is 909. The molecule has 3 aromatic rings. The van der Waals surface area contributed by atoms with Crippen LogP contribution in [0.15, 0.2) is 48.8 Å². The zero-order valence-electron chi connectivity index (χ0n) is 13.0. The van der Waals surface area contributed by atoms with E-state index < -0.39 is 0 Å². The Morgan fingerprint density at radius 1 is 0.957 bits per heavy atom. The van der Waals surface area contributed by atoms with Crippen molar-refractivity contribution in [2.24, 2.45) is 0 Å². The third kappa shape index (κ3) is 2.77. The van der Waals surface area contributed by atoms with Crippen molar-refractivity contribution in [1.29, 1.82) is 5.26 Å². The maximum atomic E-state index is 9.42. The van der Waals surface area contributed by atoms with E-state index in [1.54, 1.807) is 12.4 Å². The molecule has 0 radical (unpaired) electrons. The van der Waals surface area contributed by atoms with E-state index >= 15 is 0 Å². The molecule has 0 aliphatic heterocycles. The van der Waals surface area contributed by atoms with E-state index in [9.17, 15) is 5.26 Å². The lowest BCUT2D eigenvalue weighted by Gasteiger charge is -2.11. The topological polar surface area (TPSA) is 75.6 Å². The fraction of sp³-hybridized carbons (Fsp3) is 0.105. The van der Waals surface area contributed by atoms with Gasteiger partial charge < -0.3 is 5.73 Å². The van der Waals surface area contributed by atoms with Crippen LogP contribution >= 0.6 is 0 Å². The maximum Gasteiger partial charge on any atom is 0.142 e. The average molecular weight is 300 g/mol. The summed E-state index contributed by atoms with van der Waals surface area (Å²) in [4.78, 5) is 8.43. The molecular weight excluding hydrogens is 284 g/mol. The van der Waals surface area contributed by atoms with Gasteiger partial charge >= 0.3 is 0 Å².